The first-order valence-electron chi connectivity index (χ1n) is 7.56. The average molecular weight is 327 g/mol. The minimum Gasteiger partial charge on any atom is -0.466 e. The van der Waals surface area contributed by atoms with E-state index in [1.807, 2.05) is 20.8 Å². The van der Waals surface area contributed by atoms with E-state index >= 15 is 0 Å². The molecular weight excluding hydrogens is 302 g/mol. The summed E-state index contributed by atoms with van der Waals surface area (Å²) >= 11 is 0. The Morgan fingerprint density at radius 2 is 1.87 bits per heavy atom. The Labute approximate surface area is 135 Å². The maximum absolute atomic E-state index is 12.0. The van der Waals surface area contributed by atoms with Crippen LogP contribution in [0.25, 0.3) is 0 Å². The van der Waals surface area contributed by atoms with E-state index in [0.717, 1.165) is 0 Å². The predicted octanol–water partition coefficient (Wildman–Crippen LogP) is 1.57. The van der Waals surface area contributed by atoms with Crippen molar-refractivity contribution in [2.75, 3.05) is 18.5 Å². The Bertz CT molecular complexity index is 548. The third-order valence-electron chi connectivity index (χ3n) is 2.96. The SMILES string of the molecule is CCOC(=O)CC(O)Nc1n[nH]c(C(=O)OCC)c1C(C)(C)C. The number of aliphatic hydroxyl groups excluding tert-OH is 1. The molecule has 0 amide bonds. The van der Waals surface area contributed by atoms with Crippen LogP contribution in [-0.2, 0) is 19.7 Å². The Kier molecular flexibility index (Phi) is 6.56. The van der Waals surface area contributed by atoms with Crippen LogP contribution < -0.4 is 5.32 Å². The van der Waals surface area contributed by atoms with Crippen molar-refractivity contribution in [2.45, 2.75) is 52.7 Å². The van der Waals surface area contributed by atoms with Gasteiger partial charge in [0, 0.05) is 5.56 Å². The minimum absolute atomic E-state index is 0.223. The van der Waals surface area contributed by atoms with Crippen molar-refractivity contribution < 1.29 is 24.2 Å². The molecule has 1 atom stereocenters. The molecule has 1 aromatic heterocycles. The molecule has 0 saturated carbocycles. The van der Waals surface area contributed by atoms with Crippen LogP contribution in [0.3, 0.4) is 0 Å². The fourth-order valence-corrected chi connectivity index (χ4v) is 2.11. The number of carbonyl (C=O) groups excluding carboxylic acids is 2. The highest BCUT2D eigenvalue weighted by Crippen LogP contribution is 2.32. The molecule has 1 heterocycles. The van der Waals surface area contributed by atoms with E-state index in [1.165, 1.54) is 0 Å². The molecule has 0 radical (unpaired) electrons. The van der Waals surface area contributed by atoms with Crippen molar-refractivity contribution in [3.8, 4) is 0 Å². The summed E-state index contributed by atoms with van der Waals surface area (Å²) < 4.78 is 9.79. The highest BCUT2D eigenvalue weighted by Gasteiger charge is 2.30. The van der Waals surface area contributed by atoms with Gasteiger partial charge in [0.1, 0.15) is 11.9 Å². The first kappa shape index (κ1) is 19.0. The lowest BCUT2D eigenvalue weighted by Gasteiger charge is -2.21. The molecule has 0 aromatic carbocycles. The largest absolute Gasteiger partial charge is 0.466 e. The fourth-order valence-electron chi connectivity index (χ4n) is 2.11. The number of aromatic nitrogens is 2. The second kappa shape index (κ2) is 7.96. The van der Waals surface area contributed by atoms with Gasteiger partial charge in [0.15, 0.2) is 5.82 Å². The van der Waals surface area contributed by atoms with Crippen molar-refractivity contribution >= 4 is 17.8 Å². The molecule has 23 heavy (non-hydrogen) atoms. The number of nitrogens with one attached hydrogen (secondary N) is 2. The van der Waals surface area contributed by atoms with E-state index in [-0.39, 0.29) is 25.3 Å². The third-order valence-corrected chi connectivity index (χ3v) is 2.96. The summed E-state index contributed by atoms with van der Waals surface area (Å²) in [6, 6.07) is 0. The second-order valence-electron chi connectivity index (χ2n) is 5.96. The molecule has 1 aromatic rings. The van der Waals surface area contributed by atoms with Crippen LogP contribution in [0, 0.1) is 0 Å². The molecule has 0 aliphatic carbocycles. The number of hydrogen-bond acceptors (Lipinski definition) is 7. The molecular formula is C15H25N3O5. The first-order valence-corrected chi connectivity index (χ1v) is 7.56. The van der Waals surface area contributed by atoms with E-state index < -0.39 is 23.6 Å². The van der Waals surface area contributed by atoms with E-state index in [2.05, 4.69) is 15.5 Å². The average Bonchev–Trinajstić information content (AvgIpc) is 2.82. The van der Waals surface area contributed by atoms with Crippen LogP contribution in [0.4, 0.5) is 5.82 Å². The van der Waals surface area contributed by atoms with E-state index in [4.69, 9.17) is 9.47 Å². The van der Waals surface area contributed by atoms with Crippen molar-refractivity contribution in [2.24, 2.45) is 0 Å². The normalized spacial score (nSPS) is 12.6. The lowest BCUT2D eigenvalue weighted by atomic mass is 9.86. The van der Waals surface area contributed by atoms with Crippen LogP contribution in [0.1, 0.15) is 57.1 Å². The monoisotopic (exact) mass is 327 g/mol. The molecule has 0 aliphatic heterocycles. The molecule has 0 aliphatic rings. The Morgan fingerprint density at radius 1 is 1.26 bits per heavy atom. The summed E-state index contributed by atoms with van der Waals surface area (Å²) in [5.74, 6) is -0.735. The van der Waals surface area contributed by atoms with Gasteiger partial charge < -0.3 is 19.9 Å². The smallest absolute Gasteiger partial charge is 0.356 e. The molecule has 8 heteroatoms. The lowest BCUT2D eigenvalue weighted by molar-refractivity contribution is -0.144. The zero-order valence-corrected chi connectivity index (χ0v) is 14.2. The third kappa shape index (κ3) is 5.24. The van der Waals surface area contributed by atoms with Gasteiger partial charge >= 0.3 is 11.9 Å². The zero-order chi connectivity index (χ0) is 17.6. The highest BCUT2D eigenvalue weighted by atomic mass is 16.5. The lowest BCUT2D eigenvalue weighted by Crippen LogP contribution is -2.26. The van der Waals surface area contributed by atoms with Gasteiger partial charge in [-0.2, -0.15) is 5.10 Å². The van der Waals surface area contributed by atoms with Crippen LogP contribution in [0.2, 0.25) is 0 Å². The van der Waals surface area contributed by atoms with Gasteiger partial charge in [0.25, 0.3) is 0 Å². The van der Waals surface area contributed by atoms with Gasteiger partial charge in [-0.05, 0) is 19.3 Å². The molecule has 8 nitrogen and oxygen atoms in total. The van der Waals surface area contributed by atoms with Crippen molar-refractivity contribution in [3.05, 3.63) is 11.3 Å². The Hall–Kier alpha value is -2.09. The number of ether oxygens (including phenoxy) is 2. The predicted molar refractivity (Wildman–Crippen MR) is 84.1 cm³/mol. The maximum atomic E-state index is 12.0. The molecule has 3 N–H and O–H groups in total. The molecule has 0 saturated heterocycles. The number of aliphatic hydroxyl groups is 1. The summed E-state index contributed by atoms with van der Waals surface area (Å²) in [5, 5.41) is 19.4. The van der Waals surface area contributed by atoms with Crippen LogP contribution in [0.5, 0.6) is 0 Å². The number of nitrogens with zero attached hydrogens (tertiary/aromatic N) is 1. The zero-order valence-electron chi connectivity index (χ0n) is 14.2. The number of rotatable bonds is 7. The van der Waals surface area contributed by atoms with Gasteiger partial charge in [-0.15, -0.1) is 0 Å². The summed E-state index contributed by atoms with van der Waals surface area (Å²) in [6.07, 6.45) is -1.40. The molecule has 1 unspecified atom stereocenters. The summed E-state index contributed by atoms with van der Waals surface area (Å²) in [4.78, 5) is 23.4. The molecule has 0 bridgehead atoms. The quantitative estimate of drug-likeness (QED) is 0.514. The highest BCUT2D eigenvalue weighted by molar-refractivity contribution is 5.91. The Morgan fingerprint density at radius 3 is 2.39 bits per heavy atom. The first-order chi connectivity index (χ1) is 10.7. The van der Waals surface area contributed by atoms with Crippen LogP contribution in [0.15, 0.2) is 0 Å². The summed E-state index contributed by atoms with van der Waals surface area (Å²) in [7, 11) is 0. The number of anilines is 1. The van der Waals surface area contributed by atoms with E-state index in [0.29, 0.717) is 11.4 Å². The number of H-pyrrole nitrogens is 1. The number of esters is 2. The van der Waals surface area contributed by atoms with Crippen LogP contribution >= 0.6 is 0 Å². The second-order valence-corrected chi connectivity index (χ2v) is 5.96. The number of aromatic amines is 1. The molecule has 0 spiro atoms. The number of carbonyl (C=O) groups is 2. The molecule has 0 fully saturated rings. The van der Waals surface area contributed by atoms with E-state index in [1.54, 1.807) is 13.8 Å². The van der Waals surface area contributed by atoms with Gasteiger partial charge in [0.2, 0.25) is 0 Å². The fraction of sp³-hybridized carbons (Fsp3) is 0.667. The van der Waals surface area contributed by atoms with E-state index in [9.17, 15) is 14.7 Å². The topological polar surface area (TPSA) is 114 Å². The standard InChI is InChI=1S/C15H25N3O5/c1-6-22-10(20)8-9(19)16-13-11(15(3,4)5)12(17-18-13)14(21)23-7-2/h9,19H,6-8H2,1-5H3,(H2,16,17,18). The van der Waals surface area contributed by atoms with Crippen molar-refractivity contribution in [1.29, 1.82) is 0 Å². The van der Waals surface area contributed by atoms with Gasteiger partial charge in [-0.1, -0.05) is 20.8 Å². The van der Waals surface area contributed by atoms with Crippen LogP contribution in [-0.4, -0.2) is 46.7 Å². The Balaban J connectivity index is 2.99. The minimum atomic E-state index is -1.17. The van der Waals surface area contributed by atoms with Gasteiger partial charge in [0.05, 0.1) is 19.6 Å². The van der Waals surface area contributed by atoms with Gasteiger partial charge in [-0.25, -0.2) is 4.79 Å². The van der Waals surface area contributed by atoms with Gasteiger partial charge in [-0.3, -0.25) is 9.89 Å². The summed E-state index contributed by atoms with van der Waals surface area (Å²) in [6.45, 7) is 9.61. The molecule has 1 rings (SSSR count). The maximum Gasteiger partial charge on any atom is 0.356 e. The molecule has 130 valence electrons. The van der Waals surface area contributed by atoms with Crippen molar-refractivity contribution in [1.82, 2.24) is 10.2 Å². The summed E-state index contributed by atoms with van der Waals surface area (Å²) in [5.41, 5.74) is 0.380. The van der Waals surface area contributed by atoms with Crippen molar-refractivity contribution in [3.63, 3.8) is 0 Å². The number of hydrogen-bond donors (Lipinski definition) is 3.